The standard InChI is InChI=1S/C13H29N3/c1-13(2,3)15-9-8-14-7-6-12-16-10-4-5-11-16/h14-15H,4-12H2,1-3H3. The number of rotatable bonds is 7. The molecule has 0 aromatic carbocycles. The van der Waals surface area contributed by atoms with Crippen LogP contribution in [0, 0.1) is 0 Å². The number of hydrogen-bond donors (Lipinski definition) is 2. The van der Waals surface area contributed by atoms with Crippen LogP contribution in [-0.4, -0.2) is 49.7 Å². The molecule has 1 aliphatic heterocycles. The van der Waals surface area contributed by atoms with Crippen LogP contribution in [0.1, 0.15) is 40.0 Å². The van der Waals surface area contributed by atoms with E-state index in [1.807, 2.05) is 0 Å². The molecule has 1 aliphatic rings. The maximum atomic E-state index is 3.49. The average molecular weight is 227 g/mol. The summed E-state index contributed by atoms with van der Waals surface area (Å²) in [5, 5.41) is 6.97. The lowest BCUT2D eigenvalue weighted by Crippen LogP contribution is -2.40. The fourth-order valence-electron chi connectivity index (χ4n) is 2.08. The van der Waals surface area contributed by atoms with E-state index in [0.717, 1.165) is 19.6 Å². The lowest BCUT2D eigenvalue weighted by Gasteiger charge is -2.20. The molecular weight excluding hydrogens is 198 g/mol. The summed E-state index contributed by atoms with van der Waals surface area (Å²) in [4.78, 5) is 2.58. The first-order valence-corrected chi connectivity index (χ1v) is 6.76. The molecule has 2 N–H and O–H groups in total. The molecule has 3 heteroatoms. The topological polar surface area (TPSA) is 27.3 Å². The van der Waals surface area contributed by atoms with Crippen molar-refractivity contribution in [3.63, 3.8) is 0 Å². The largest absolute Gasteiger partial charge is 0.315 e. The monoisotopic (exact) mass is 227 g/mol. The van der Waals surface area contributed by atoms with Crippen LogP contribution in [0.25, 0.3) is 0 Å². The van der Waals surface area contributed by atoms with E-state index in [0.29, 0.717) is 0 Å². The highest BCUT2D eigenvalue weighted by atomic mass is 15.1. The highest BCUT2D eigenvalue weighted by molar-refractivity contribution is 4.70. The summed E-state index contributed by atoms with van der Waals surface area (Å²) in [6.45, 7) is 13.9. The summed E-state index contributed by atoms with van der Waals surface area (Å²) >= 11 is 0. The fraction of sp³-hybridized carbons (Fsp3) is 1.00. The van der Waals surface area contributed by atoms with Gasteiger partial charge in [0.25, 0.3) is 0 Å². The van der Waals surface area contributed by atoms with Crippen molar-refractivity contribution in [1.29, 1.82) is 0 Å². The molecule has 0 saturated carbocycles. The molecule has 1 fully saturated rings. The fourth-order valence-corrected chi connectivity index (χ4v) is 2.08. The minimum atomic E-state index is 0.247. The number of nitrogens with one attached hydrogen (secondary N) is 2. The van der Waals surface area contributed by atoms with Gasteiger partial charge in [-0.05, 0) is 66.2 Å². The number of likely N-dealkylation sites (tertiary alicyclic amines) is 1. The van der Waals surface area contributed by atoms with Crippen LogP contribution in [0.5, 0.6) is 0 Å². The summed E-state index contributed by atoms with van der Waals surface area (Å²) in [7, 11) is 0. The van der Waals surface area contributed by atoms with Gasteiger partial charge < -0.3 is 15.5 Å². The second-order valence-corrected chi connectivity index (χ2v) is 5.83. The van der Waals surface area contributed by atoms with E-state index in [2.05, 4.69) is 36.3 Å². The van der Waals surface area contributed by atoms with Crippen LogP contribution in [0.15, 0.2) is 0 Å². The van der Waals surface area contributed by atoms with Gasteiger partial charge in [-0.25, -0.2) is 0 Å². The first-order chi connectivity index (χ1) is 7.58. The van der Waals surface area contributed by atoms with Crippen LogP contribution in [0.2, 0.25) is 0 Å². The van der Waals surface area contributed by atoms with Crippen molar-refractivity contribution in [2.24, 2.45) is 0 Å². The minimum absolute atomic E-state index is 0.247. The predicted molar refractivity (Wildman–Crippen MR) is 70.9 cm³/mol. The SMILES string of the molecule is CC(C)(C)NCCNCCCN1CCCC1. The lowest BCUT2D eigenvalue weighted by molar-refractivity contribution is 0.330. The molecule has 0 spiro atoms. The Labute approximate surface area is 101 Å². The van der Waals surface area contributed by atoms with Crippen LogP contribution >= 0.6 is 0 Å². The van der Waals surface area contributed by atoms with E-state index in [-0.39, 0.29) is 5.54 Å². The van der Waals surface area contributed by atoms with Gasteiger partial charge in [-0.3, -0.25) is 0 Å². The quantitative estimate of drug-likeness (QED) is 0.645. The average Bonchev–Trinajstić information content (AvgIpc) is 2.67. The normalized spacial score (nSPS) is 18.2. The third kappa shape index (κ3) is 7.20. The van der Waals surface area contributed by atoms with Crippen molar-refractivity contribution in [3.8, 4) is 0 Å². The molecule has 96 valence electrons. The highest BCUT2D eigenvalue weighted by Crippen LogP contribution is 2.06. The zero-order valence-corrected chi connectivity index (χ0v) is 11.3. The summed E-state index contributed by atoms with van der Waals surface area (Å²) in [6.07, 6.45) is 4.10. The smallest absolute Gasteiger partial charge is 0.00970 e. The van der Waals surface area contributed by atoms with E-state index in [4.69, 9.17) is 0 Å². The molecule has 0 unspecified atom stereocenters. The Morgan fingerprint density at radius 2 is 1.69 bits per heavy atom. The first-order valence-electron chi connectivity index (χ1n) is 6.76. The van der Waals surface area contributed by atoms with Crippen LogP contribution in [0.3, 0.4) is 0 Å². The molecule has 0 aromatic rings. The van der Waals surface area contributed by atoms with Crippen LogP contribution < -0.4 is 10.6 Å². The molecule has 0 aliphatic carbocycles. The summed E-state index contributed by atoms with van der Waals surface area (Å²) in [5.74, 6) is 0. The Hall–Kier alpha value is -0.120. The molecule has 3 nitrogen and oxygen atoms in total. The van der Waals surface area contributed by atoms with Crippen molar-refractivity contribution < 1.29 is 0 Å². The Balaban J connectivity index is 1.81. The molecule has 1 rings (SSSR count). The van der Waals surface area contributed by atoms with Crippen molar-refractivity contribution in [2.75, 3.05) is 39.3 Å². The van der Waals surface area contributed by atoms with Gasteiger partial charge in [0.2, 0.25) is 0 Å². The molecule has 16 heavy (non-hydrogen) atoms. The second-order valence-electron chi connectivity index (χ2n) is 5.83. The number of hydrogen-bond acceptors (Lipinski definition) is 3. The molecule has 0 amide bonds. The molecule has 1 heterocycles. The van der Waals surface area contributed by atoms with E-state index in [1.165, 1.54) is 38.9 Å². The van der Waals surface area contributed by atoms with Gasteiger partial charge in [0.1, 0.15) is 0 Å². The summed E-state index contributed by atoms with van der Waals surface area (Å²) in [6, 6.07) is 0. The third-order valence-electron chi connectivity index (χ3n) is 2.98. The number of nitrogens with zero attached hydrogens (tertiary/aromatic N) is 1. The van der Waals surface area contributed by atoms with Crippen LogP contribution in [-0.2, 0) is 0 Å². The van der Waals surface area contributed by atoms with Gasteiger partial charge in [-0.1, -0.05) is 0 Å². The molecule has 0 aromatic heterocycles. The van der Waals surface area contributed by atoms with Gasteiger partial charge in [0.05, 0.1) is 0 Å². The molecule has 1 saturated heterocycles. The van der Waals surface area contributed by atoms with Gasteiger partial charge >= 0.3 is 0 Å². The Morgan fingerprint density at radius 1 is 1.00 bits per heavy atom. The van der Waals surface area contributed by atoms with E-state index < -0.39 is 0 Å². The Bertz CT molecular complexity index is 169. The molecule has 0 radical (unpaired) electrons. The third-order valence-corrected chi connectivity index (χ3v) is 2.98. The van der Waals surface area contributed by atoms with Gasteiger partial charge in [-0.15, -0.1) is 0 Å². The second kappa shape index (κ2) is 7.25. The lowest BCUT2D eigenvalue weighted by atomic mass is 10.1. The summed E-state index contributed by atoms with van der Waals surface area (Å²) < 4.78 is 0. The zero-order chi connectivity index (χ0) is 11.9. The maximum absolute atomic E-state index is 3.49. The molecule has 0 bridgehead atoms. The van der Waals surface area contributed by atoms with Crippen LogP contribution in [0.4, 0.5) is 0 Å². The Morgan fingerprint density at radius 3 is 2.31 bits per heavy atom. The highest BCUT2D eigenvalue weighted by Gasteiger charge is 2.10. The minimum Gasteiger partial charge on any atom is -0.315 e. The maximum Gasteiger partial charge on any atom is 0.00970 e. The van der Waals surface area contributed by atoms with E-state index in [1.54, 1.807) is 0 Å². The summed E-state index contributed by atoms with van der Waals surface area (Å²) in [5.41, 5.74) is 0.247. The molecule has 0 atom stereocenters. The van der Waals surface area contributed by atoms with Crippen molar-refractivity contribution in [3.05, 3.63) is 0 Å². The van der Waals surface area contributed by atoms with E-state index >= 15 is 0 Å². The van der Waals surface area contributed by atoms with Crippen molar-refractivity contribution in [1.82, 2.24) is 15.5 Å². The van der Waals surface area contributed by atoms with E-state index in [9.17, 15) is 0 Å². The van der Waals surface area contributed by atoms with Gasteiger partial charge in [-0.2, -0.15) is 0 Å². The van der Waals surface area contributed by atoms with Gasteiger partial charge in [0.15, 0.2) is 0 Å². The van der Waals surface area contributed by atoms with Crippen molar-refractivity contribution in [2.45, 2.75) is 45.6 Å². The van der Waals surface area contributed by atoms with Crippen molar-refractivity contribution >= 4 is 0 Å². The Kier molecular flexibility index (Phi) is 6.32. The van der Waals surface area contributed by atoms with Gasteiger partial charge in [0, 0.05) is 18.6 Å². The first kappa shape index (κ1) is 13.9. The predicted octanol–water partition coefficient (Wildman–Crippen LogP) is 1.45. The zero-order valence-electron chi connectivity index (χ0n) is 11.3. The molecular formula is C13H29N3.